The van der Waals surface area contributed by atoms with Crippen molar-refractivity contribution in [2.45, 2.75) is 6.42 Å². The van der Waals surface area contributed by atoms with Crippen LogP contribution in [0.3, 0.4) is 0 Å². The highest BCUT2D eigenvalue weighted by Gasteiger charge is 2.10. The van der Waals surface area contributed by atoms with E-state index in [0.717, 1.165) is 28.0 Å². The molecule has 5 heteroatoms. The Morgan fingerprint density at radius 3 is 2.52 bits per heavy atom. The van der Waals surface area contributed by atoms with Gasteiger partial charge in [0.1, 0.15) is 5.75 Å². The molecule has 4 aromatic rings. The summed E-state index contributed by atoms with van der Waals surface area (Å²) >= 11 is 1.45. The van der Waals surface area contributed by atoms with Crippen LogP contribution in [-0.2, 0) is 11.2 Å². The van der Waals surface area contributed by atoms with Crippen molar-refractivity contribution in [1.29, 1.82) is 0 Å². The number of para-hydroxylation sites is 2. The molecule has 27 heavy (non-hydrogen) atoms. The lowest BCUT2D eigenvalue weighted by atomic mass is 10.0. The summed E-state index contributed by atoms with van der Waals surface area (Å²) in [6.45, 7) is -0.0538. The van der Waals surface area contributed by atoms with Gasteiger partial charge in [0.05, 0.1) is 10.2 Å². The second-order valence-corrected chi connectivity index (χ2v) is 7.12. The van der Waals surface area contributed by atoms with Crippen molar-refractivity contribution in [2.75, 3.05) is 11.9 Å². The molecule has 0 saturated heterocycles. The number of fused-ring (bicyclic) bond motifs is 1. The van der Waals surface area contributed by atoms with Crippen molar-refractivity contribution >= 4 is 32.6 Å². The van der Waals surface area contributed by atoms with Gasteiger partial charge in [0.25, 0.3) is 5.91 Å². The zero-order valence-electron chi connectivity index (χ0n) is 14.6. The van der Waals surface area contributed by atoms with Crippen molar-refractivity contribution in [3.8, 4) is 5.75 Å². The van der Waals surface area contributed by atoms with Gasteiger partial charge in [0.2, 0.25) is 0 Å². The number of thiazole rings is 1. The number of hydrogen-bond acceptors (Lipinski definition) is 4. The summed E-state index contributed by atoms with van der Waals surface area (Å²) in [5, 5.41) is 3.40. The number of benzene rings is 3. The minimum absolute atomic E-state index is 0.0538. The first-order valence-electron chi connectivity index (χ1n) is 8.68. The smallest absolute Gasteiger partial charge is 0.264 e. The van der Waals surface area contributed by atoms with Crippen LogP contribution in [0.1, 0.15) is 11.1 Å². The van der Waals surface area contributed by atoms with Crippen molar-refractivity contribution < 1.29 is 9.53 Å². The molecular weight excluding hydrogens is 356 g/mol. The Kier molecular flexibility index (Phi) is 5.12. The van der Waals surface area contributed by atoms with Crippen molar-refractivity contribution in [3.63, 3.8) is 0 Å². The number of amides is 1. The largest absolute Gasteiger partial charge is 0.483 e. The zero-order chi connectivity index (χ0) is 18.5. The molecule has 0 aliphatic heterocycles. The second kappa shape index (κ2) is 8.01. The van der Waals surface area contributed by atoms with Gasteiger partial charge in [0.15, 0.2) is 11.7 Å². The van der Waals surface area contributed by atoms with E-state index in [1.807, 2.05) is 66.7 Å². The third-order valence-electron chi connectivity index (χ3n) is 4.11. The molecule has 134 valence electrons. The molecule has 0 aliphatic carbocycles. The SMILES string of the molecule is O=C(COc1ccccc1Cc1ccccc1)Nc1nc2ccccc2s1. The van der Waals surface area contributed by atoms with Crippen LogP contribution in [0.4, 0.5) is 5.13 Å². The first kappa shape index (κ1) is 17.2. The van der Waals surface area contributed by atoms with Crippen molar-refractivity contribution in [2.24, 2.45) is 0 Å². The molecule has 0 saturated carbocycles. The minimum atomic E-state index is -0.219. The molecule has 0 bridgehead atoms. The van der Waals surface area contributed by atoms with Crippen molar-refractivity contribution in [1.82, 2.24) is 4.98 Å². The van der Waals surface area contributed by atoms with Gasteiger partial charge in [-0.15, -0.1) is 0 Å². The van der Waals surface area contributed by atoms with Crippen LogP contribution in [0.25, 0.3) is 10.2 Å². The maximum atomic E-state index is 12.3. The maximum absolute atomic E-state index is 12.3. The van der Waals surface area contributed by atoms with E-state index in [9.17, 15) is 4.79 Å². The highest BCUT2D eigenvalue weighted by molar-refractivity contribution is 7.22. The molecule has 1 N–H and O–H groups in total. The van der Waals surface area contributed by atoms with Crippen LogP contribution in [0.5, 0.6) is 5.75 Å². The summed E-state index contributed by atoms with van der Waals surface area (Å²) in [7, 11) is 0. The average molecular weight is 374 g/mol. The Bertz CT molecular complexity index is 1030. The van der Waals surface area contributed by atoms with Crippen LogP contribution in [0.15, 0.2) is 78.9 Å². The van der Waals surface area contributed by atoms with E-state index < -0.39 is 0 Å². The fourth-order valence-electron chi connectivity index (χ4n) is 2.83. The molecule has 4 nitrogen and oxygen atoms in total. The summed E-state index contributed by atoms with van der Waals surface area (Å²) in [4.78, 5) is 16.7. The molecular formula is C22H18N2O2S. The first-order chi connectivity index (χ1) is 13.3. The molecule has 0 spiro atoms. The molecule has 4 rings (SSSR count). The molecule has 0 atom stereocenters. The average Bonchev–Trinajstić information content (AvgIpc) is 3.10. The Hall–Kier alpha value is -3.18. The highest BCUT2D eigenvalue weighted by Crippen LogP contribution is 2.25. The van der Waals surface area contributed by atoms with Gasteiger partial charge in [-0.25, -0.2) is 4.98 Å². The summed E-state index contributed by atoms with van der Waals surface area (Å²) in [6, 6.07) is 25.8. The summed E-state index contributed by atoms with van der Waals surface area (Å²) in [5.41, 5.74) is 3.14. The molecule has 0 radical (unpaired) electrons. The summed E-state index contributed by atoms with van der Waals surface area (Å²) in [6.07, 6.45) is 0.760. The van der Waals surface area contributed by atoms with E-state index in [-0.39, 0.29) is 12.5 Å². The lowest BCUT2D eigenvalue weighted by Crippen LogP contribution is -2.20. The van der Waals surface area contributed by atoms with E-state index in [1.165, 1.54) is 16.9 Å². The number of anilines is 1. The number of rotatable bonds is 6. The fourth-order valence-corrected chi connectivity index (χ4v) is 3.71. The predicted octanol–water partition coefficient (Wildman–Crippen LogP) is 4.90. The van der Waals surface area contributed by atoms with Gasteiger partial charge in [-0.05, 0) is 29.3 Å². The Labute approximate surface area is 161 Å². The molecule has 1 amide bonds. The first-order valence-corrected chi connectivity index (χ1v) is 9.49. The second-order valence-electron chi connectivity index (χ2n) is 6.09. The number of nitrogens with zero attached hydrogens (tertiary/aromatic N) is 1. The van der Waals surface area contributed by atoms with Crippen LogP contribution < -0.4 is 10.1 Å². The van der Waals surface area contributed by atoms with Crippen LogP contribution in [0, 0.1) is 0 Å². The van der Waals surface area contributed by atoms with E-state index in [1.54, 1.807) is 0 Å². The standard InChI is InChI=1S/C22H18N2O2S/c25-21(24-22-23-18-11-5-7-13-20(18)27-22)15-26-19-12-6-4-10-17(19)14-16-8-2-1-3-9-16/h1-13H,14-15H2,(H,23,24,25). The van der Waals surface area contributed by atoms with Crippen LogP contribution >= 0.6 is 11.3 Å². The quantitative estimate of drug-likeness (QED) is 0.522. The van der Waals surface area contributed by atoms with E-state index in [4.69, 9.17) is 4.74 Å². The van der Waals surface area contributed by atoms with Gasteiger partial charge >= 0.3 is 0 Å². The third kappa shape index (κ3) is 4.33. The number of ether oxygens (including phenoxy) is 1. The predicted molar refractivity (Wildman–Crippen MR) is 109 cm³/mol. The maximum Gasteiger partial charge on any atom is 0.264 e. The normalized spacial score (nSPS) is 10.7. The van der Waals surface area contributed by atoms with E-state index in [2.05, 4.69) is 22.4 Å². The van der Waals surface area contributed by atoms with Crippen LogP contribution in [0.2, 0.25) is 0 Å². The summed E-state index contributed by atoms with van der Waals surface area (Å²) in [5.74, 6) is 0.504. The van der Waals surface area contributed by atoms with Gasteiger partial charge in [0, 0.05) is 6.42 Å². The third-order valence-corrected chi connectivity index (χ3v) is 5.06. The van der Waals surface area contributed by atoms with Crippen molar-refractivity contribution in [3.05, 3.63) is 90.0 Å². The van der Waals surface area contributed by atoms with Gasteiger partial charge < -0.3 is 4.74 Å². The topological polar surface area (TPSA) is 51.2 Å². The van der Waals surface area contributed by atoms with Gasteiger partial charge in [-0.1, -0.05) is 72.0 Å². The number of hydrogen-bond donors (Lipinski definition) is 1. The summed E-state index contributed by atoms with van der Waals surface area (Å²) < 4.78 is 6.83. The number of carbonyl (C=O) groups is 1. The number of nitrogens with one attached hydrogen (secondary N) is 1. The molecule has 3 aromatic carbocycles. The molecule has 0 fully saturated rings. The lowest BCUT2D eigenvalue weighted by molar-refractivity contribution is -0.118. The Morgan fingerprint density at radius 1 is 0.926 bits per heavy atom. The Balaban J connectivity index is 1.40. The number of aromatic nitrogens is 1. The van der Waals surface area contributed by atoms with Crippen LogP contribution in [-0.4, -0.2) is 17.5 Å². The monoisotopic (exact) mass is 374 g/mol. The van der Waals surface area contributed by atoms with E-state index in [0.29, 0.717) is 5.13 Å². The molecule has 1 heterocycles. The number of carbonyl (C=O) groups excluding carboxylic acids is 1. The molecule has 0 unspecified atom stereocenters. The Morgan fingerprint density at radius 2 is 1.67 bits per heavy atom. The zero-order valence-corrected chi connectivity index (χ0v) is 15.4. The van der Waals surface area contributed by atoms with Gasteiger partial charge in [-0.2, -0.15) is 0 Å². The van der Waals surface area contributed by atoms with Gasteiger partial charge in [-0.3, -0.25) is 10.1 Å². The lowest BCUT2D eigenvalue weighted by Gasteiger charge is -2.11. The molecule has 0 aliphatic rings. The highest BCUT2D eigenvalue weighted by atomic mass is 32.1. The molecule has 1 aromatic heterocycles. The van der Waals surface area contributed by atoms with E-state index >= 15 is 0 Å². The fraction of sp³-hybridized carbons (Fsp3) is 0.0909. The minimum Gasteiger partial charge on any atom is -0.483 e.